The van der Waals surface area contributed by atoms with Crippen molar-refractivity contribution in [2.75, 3.05) is 33.0 Å². The minimum Gasteiger partial charge on any atom is -0.465 e. The molecule has 2 N–H and O–H groups in total. The van der Waals surface area contributed by atoms with E-state index in [1.807, 2.05) is 30.3 Å². The molecule has 0 heterocycles. The molecule has 1 aromatic rings. The fraction of sp³-hybridized carbons (Fsp3) is 0.533. The first-order chi connectivity index (χ1) is 9.79. The third-order valence-corrected chi connectivity index (χ3v) is 2.70. The Morgan fingerprint density at radius 1 is 1.30 bits per heavy atom. The second-order valence-corrected chi connectivity index (χ2v) is 4.24. The van der Waals surface area contributed by atoms with E-state index in [4.69, 9.17) is 14.6 Å². The predicted molar refractivity (Wildman–Crippen MR) is 76.3 cm³/mol. The van der Waals surface area contributed by atoms with Crippen LogP contribution in [0.1, 0.15) is 24.9 Å². The van der Waals surface area contributed by atoms with E-state index < -0.39 is 6.04 Å². The van der Waals surface area contributed by atoms with Crippen LogP contribution in [0.15, 0.2) is 30.3 Å². The zero-order valence-corrected chi connectivity index (χ0v) is 11.9. The zero-order valence-electron chi connectivity index (χ0n) is 11.9. The van der Waals surface area contributed by atoms with Gasteiger partial charge in [0.05, 0.1) is 19.8 Å². The molecule has 0 amide bonds. The summed E-state index contributed by atoms with van der Waals surface area (Å²) in [5, 5.41) is 11.8. The van der Waals surface area contributed by atoms with Gasteiger partial charge >= 0.3 is 5.97 Å². The van der Waals surface area contributed by atoms with Crippen LogP contribution in [-0.4, -0.2) is 44.0 Å². The van der Waals surface area contributed by atoms with Crippen LogP contribution in [0.3, 0.4) is 0 Å². The first-order valence-electron chi connectivity index (χ1n) is 6.93. The van der Waals surface area contributed by atoms with Crippen molar-refractivity contribution >= 4 is 5.97 Å². The lowest BCUT2D eigenvalue weighted by Crippen LogP contribution is -2.31. The van der Waals surface area contributed by atoms with Crippen LogP contribution in [0, 0.1) is 0 Å². The number of carbonyl (C=O) groups excluding carboxylic acids is 1. The van der Waals surface area contributed by atoms with E-state index in [1.54, 1.807) is 6.92 Å². The summed E-state index contributed by atoms with van der Waals surface area (Å²) in [6.45, 7) is 3.73. The monoisotopic (exact) mass is 281 g/mol. The van der Waals surface area contributed by atoms with Crippen molar-refractivity contribution in [3.63, 3.8) is 0 Å². The van der Waals surface area contributed by atoms with Crippen molar-refractivity contribution in [2.24, 2.45) is 0 Å². The van der Waals surface area contributed by atoms with Crippen molar-refractivity contribution < 1.29 is 19.4 Å². The SMILES string of the molecule is CCOC(=O)C(NCCCOCCO)c1ccccc1. The molecule has 0 radical (unpaired) electrons. The molecule has 0 saturated heterocycles. The summed E-state index contributed by atoms with van der Waals surface area (Å²) in [6.07, 6.45) is 0.767. The van der Waals surface area contributed by atoms with Crippen LogP contribution < -0.4 is 5.32 Å². The average Bonchev–Trinajstić information content (AvgIpc) is 2.47. The van der Waals surface area contributed by atoms with Gasteiger partial charge < -0.3 is 19.9 Å². The van der Waals surface area contributed by atoms with Gasteiger partial charge in [-0.3, -0.25) is 0 Å². The number of aliphatic hydroxyl groups excluding tert-OH is 1. The number of hydrogen-bond donors (Lipinski definition) is 2. The van der Waals surface area contributed by atoms with Crippen molar-refractivity contribution in [3.05, 3.63) is 35.9 Å². The number of nitrogens with one attached hydrogen (secondary N) is 1. The molecular formula is C15H23NO4. The number of benzene rings is 1. The van der Waals surface area contributed by atoms with Gasteiger partial charge in [-0.25, -0.2) is 4.79 Å². The minimum atomic E-state index is -0.450. The second kappa shape index (κ2) is 10.4. The normalized spacial score (nSPS) is 12.1. The van der Waals surface area contributed by atoms with E-state index in [9.17, 15) is 4.79 Å². The van der Waals surface area contributed by atoms with Gasteiger partial charge in [-0.05, 0) is 25.5 Å². The molecule has 5 heteroatoms. The maximum absolute atomic E-state index is 12.0. The first kappa shape index (κ1) is 16.6. The number of ether oxygens (including phenoxy) is 2. The van der Waals surface area contributed by atoms with Crippen molar-refractivity contribution in [2.45, 2.75) is 19.4 Å². The minimum absolute atomic E-state index is 0.0306. The van der Waals surface area contributed by atoms with Crippen molar-refractivity contribution in [1.29, 1.82) is 0 Å². The third-order valence-electron chi connectivity index (χ3n) is 2.70. The van der Waals surface area contributed by atoms with Crippen molar-refractivity contribution in [3.8, 4) is 0 Å². The molecule has 0 fully saturated rings. The average molecular weight is 281 g/mol. The fourth-order valence-corrected chi connectivity index (χ4v) is 1.80. The largest absolute Gasteiger partial charge is 0.465 e. The van der Waals surface area contributed by atoms with Gasteiger partial charge in [0.25, 0.3) is 0 Å². The number of carbonyl (C=O) groups is 1. The lowest BCUT2D eigenvalue weighted by molar-refractivity contribution is -0.145. The number of esters is 1. The maximum Gasteiger partial charge on any atom is 0.327 e. The Morgan fingerprint density at radius 3 is 2.70 bits per heavy atom. The van der Waals surface area contributed by atoms with Crippen LogP contribution in [0.2, 0.25) is 0 Å². The van der Waals surface area contributed by atoms with Gasteiger partial charge in [0.2, 0.25) is 0 Å². The number of aliphatic hydroxyl groups is 1. The molecule has 1 aromatic carbocycles. The molecule has 1 unspecified atom stereocenters. The summed E-state index contributed by atoms with van der Waals surface area (Å²) >= 11 is 0. The molecule has 20 heavy (non-hydrogen) atoms. The Bertz CT molecular complexity index is 369. The standard InChI is InChI=1S/C15H23NO4/c1-2-20-15(18)14(13-7-4-3-5-8-13)16-9-6-11-19-12-10-17/h3-5,7-8,14,16-17H,2,6,9-12H2,1H3. The summed E-state index contributed by atoms with van der Waals surface area (Å²) in [4.78, 5) is 12.0. The quantitative estimate of drug-likeness (QED) is 0.499. The summed E-state index contributed by atoms with van der Waals surface area (Å²) in [5.41, 5.74) is 0.891. The van der Waals surface area contributed by atoms with Gasteiger partial charge in [0.1, 0.15) is 6.04 Å². The summed E-state index contributed by atoms with van der Waals surface area (Å²) in [7, 11) is 0. The lowest BCUT2D eigenvalue weighted by atomic mass is 10.1. The highest BCUT2D eigenvalue weighted by Gasteiger charge is 2.20. The highest BCUT2D eigenvalue weighted by Crippen LogP contribution is 2.14. The maximum atomic E-state index is 12.0. The van der Waals surface area contributed by atoms with Gasteiger partial charge in [-0.15, -0.1) is 0 Å². The van der Waals surface area contributed by atoms with Crippen LogP contribution in [0.4, 0.5) is 0 Å². The van der Waals surface area contributed by atoms with Gasteiger partial charge in [-0.2, -0.15) is 0 Å². The Hall–Kier alpha value is -1.43. The number of hydrogen-bond acceptors (Lipinski definition) is 5. The van der Waals surface area contributed by atoms with E-state index in [-0.39, 0.29) is 12.6 Å². The van der Waals surface area contributed by atoms with Crippen LogP contribution in [-0.2, 0) is 14.3 Å². The smallest absolute Gasteiger partial charge is 0.327 e. The lowest BCUT2D eigenvalue weighted by Gasteiger charge is -2.17. The number of rotatable bonds is 10. The van der Waals surface area contributed by atoms with Crippen LogP contribution in [0.5, 0.6) is 0 Å². The predicted octanol–water partition coefficient (Wildman–Crippen LogP) is 1.28. The Morgan fingerprint density at radius 2 is 2.05 bits per heavy atom. The molecule has 0 bridgehead atoms. The third kappa shape index (κ3) is 6.14. The molecular weight excluding hydrogens is 258 g/mol. The summed E-state index contributed by atoms with van der Waals surface area (Å²) in [5.74, 6) is -0.269. The van der Waals surface area contributed by atoms with E-state index in [0.717, 1.165) is 12.0 Å². The van der Waals surface area contributed by atoms with E-state index in [0.29, 0.717) is 26.4 Å². The van der Waals surface area contributed by atoms with Gasteiger partial charge in [-0.1, -0.05) is 30.3 Å². The topological polar surface area (TPSA) is 67.8 Å². The molecule has 0 aliphatic rings. The summed E-state index contributed by atoms with van der Waals surface area (Å²) in [6, 6.07) is 9.05. The summed E-state index contributed by atoms with van der Waals surface area (Å²) < 4.78 is 10.3. The molecule has 0 aromatic heterocycles. The van der Waals surface area contributed by atoms with Gasteiger partial charge in [0.15, 0.2) is 0 Å². The van der Waals surface area contributed by atoms with Crippen LogP contribution in [0.25, 0.3) is 0 Å². The first-order valence-corrected chi connectivity index (χ1v) is 6.93. The molecule has 1 rings (SSSR count). The van der Waals surface area contributed by atoms with Crippen LogP contribution >= 0.6 is 0 Å². The molecule has 0 aliphatic heterocycles. The fourth-order valence-electron chi connectivity index (χ4n) is 1.80. The second-order valence-electron chi connectivity index (χ2n) is 4.24. The molecule has 0 aliphatic carbocycles. The van der Waals surface area contributed by atoms with Gasteiger partial charge in [0, 0.05) is 6.61 Å². The highest BCUT2D eigenvalue weighted by molar-refractivity contribution is 5.77. The Labute approximate surface area is 119 Å². The zero-order chi connectivity index (χ0) is 14.6. The molecule has 112 valence electrons. The molecule has 0 saturated carbocycles. The Kier molecular flexibility index (Phi) is 8.62. The van der Waals surface area contributed by atoms with E-state index in [2.05, 4.69) is 5.32 Å². The Balaban J connectivity index is 2.45. The highest BCUT2D eigenvalue weighted by atomic mass is 16.5. The molecule has 5 nitrogen and oxygen atoms in total. The van der Waals surface area contributed by atoms with E-state index >= 15 is 0 Å². The molecule has 1 atom stereocenters. The molecule has 0 spiro atoms. The van der Waals surface area contributed by atoms with E-state index in [1.165, 1.54) is 0 Å². The van der Waals surface area contributed by atoms with Crippen molar-refractivity contribution in [1.82, 2.24) is 5.32 Å².